The average Bonchev–Trinajstić information content (AvgIpc) is 3.20. The van der Waals surface area contributed by atoms with E-state index in [2.05, 4.69) is 24.0 Å². The molecule has 92 valence electrons. The highest BCUT2D eigenvalue weighted by Crippen LogP contribution is 2.34. The second-order valence-corrected chi connectivity index (χ2v) is 5.91. The molecule has 2 aliphatic rings. The van der Waals surface area contributed by atoms with Crippen LogP contribution in [0.1, 0.15) is 24.8 Å². The number of rotatable bonds is 0. The molecule has 2 nitrogen and oxygen atoms in total. The van der Waals surface area contributed by atoms with Crippen LogP contribution in [0.5, 0.6) is 0 Å². The zero-order valence-corrected chi connectivity index (χ0v) is 11.2. The average molecular weight is 257 g/mol. The molecule has 3 rings (SSSR count). The van der Waals surface area contributed by atoms with Crippen molar-refractivity contribution in [2.45, 2.75) is 24.2 Å². The lowest BCUT2D eigenvalue weighted by Gasteiger charge is -2.17. The first kappa shape index (κ1) is 11.7. The monoisotopic (exact) mass is 257 g/mol. The maximum atomic E-state index is 11.8. The van der Waals surface area contributed by atoms with Crippen LogP contribution < -0.4 is 4.90 Å². The number of benzene rings is 1. The van der Waals surface area contributed by atoms with Crippen molar-refractivity contribution in [1.29, 1.82) is 0 Å². The van der Waals surface area contributed by atoms with Crippen molar-refractivity contribution in [2.24, 2.45) is 5.92 Å². The highest BCUT2D eigenvalue weighted by atomic mass is 32.2. The largest absolute Gasteiger partial charge is 0.314 e. The van der Waals surface area contributed by atoms with E-state index in [1.165, 1.54) is 17.7 Å². The maximum absolute atomic E-state index is 11.8. The van der Waals surface area contributed by atoms with Gasteiger partial charge in [0, 0.05) is 35.6 Å². The Hall–Kier alpha value is -1.40. The number of anilines is 1. The standard InChI is InChI=1S/C15H15NOS/c1-16-13-10-12(5-4-11-2-3-11)6-7-14(13)18-9-8-15(16)17/h6-7,10-11H,2-3,8-9H2,1H3. The highest BCUT2D eigenvalue weighted by Gasteiger charge is 2.20. The summed E-state index contributed by atoms with van der Waals surface area (Å²) >= 11 is 1.75. The summed E-state index contributed by atoms with van der Waals surface area (Å²) in [5.41, 5.74) is 2.02. The Labute approximate surface area is 112 Å². The van der Waals surface area contributed by atoms with Crippen molar-refractivity contribution < 1.29 is 4.79 Å². The van der Waals surface area contributed by atoms with Gasteiger partial charge in [0.15, 0.2) is 0 Å². The van der Waals surface area contributed by atoms with Crippen LogP contribution in [0, 0.1) is 17.8 Å². The second-order valence-electron chi connectivity index (χ2n) is 4.78. The van der Waals surface area contributed by atoms with E-state index in [1.807, 2.05) is 13.1 Å². The second kappa shape index (κ2) is 4.70. The van der Waals surface area contributed by atoms with Crippen molar-refractivity contribution in [2.75, 3.05) is 17.7 Å². The number of thioether (sulfide) groups is 1. The van der Waals surface area contributed by atoms with E-state index in [4.69, 9.17) is 0 Å². The predicted molar refractivity (Wildman–Crippen MR) is 74.8 cm³/mol. The number of carbonyl (C=O) groups is 1. The van der Waals surface area contributed by atoms with Crippen LogP contribution in [0.4, 0.5) is 5.69 Å². The van der Waals surface area contributed by atoms with Gasteiger partial charge >= 0.3 is 0 Å². The maximum Gasteiger partial charge on any atom is 0.227 e. The van der Waals surface area contributed by atoms with Gasteiger partial charge in [-0.15, -0.1) is 11.8 Å². The number of hydrogen-bond acceptors (Lipinski definition) is 2. The Morgan fingerprint density at radius 1 is 1.39 bits per heavy atom. The van der Waals surface area contributed by atoms with Gasteiger partial charge in [0.1, 0.15) is 0 Å². The molecule has 1 aliphatic carbocycles. The first-order chi connectivity index (χ1) is 8.74. The zero-order valence-electron chi connectivity index (χ0n) is 10.4. The topological polar surface area (TPSA) is 20.3 Å². The van der Waals surface area contributed by atoms with Gasteiger partial charge in [0.05, 0.1) is 5.69 Å². The van der Waals surface area contributed by atoms with Crippen LogP contribution >= 0.6 is 11.8 Å². The fraction of sp³-hybridized carbons (Fsp3) is 0.400. The van der Waals surface area contributed by atoms with Crippen LogP contribution in [0.2, 0.25) is 0 Å². The molecular weight excluding hydrogens is 242 g/mol. The molecule has 3 heteroatoms. The third-order valence-electron chi connectivity index (χ3n) is 3.27. The van der Waals surface area contributed by atoms with Crippen molar-refractivity contribution in [1.82, 2.24) is 0 Å². The molecule has 1 saturated carbocycles. The van der Waals surface area contributed by atoms with Crippen molar-refractivity contribution in [3.05, 3.63) is 23.8 Å². The van der Waals surface area contributed by atoms with Crippen LogP contribution in [-0.2, 0) is 4.79 Å². The molecule has 0 radical (unpaired) electrons. The van der Waals surface area contributed by atoms with Crippen molar-refractivity contribution in [3.63, 3.8) is 0 Å². The van der Waals surface area contributed by atoms with E-state index in [0.717, 1.165) is 17.0 Å². The molecule has 0 spiro atoms. The molecule has 0 N–H and O–H groups in total. The molecule has 1 heterocycles. The van der Waals surface area contributed by atoms with Crippen LogP contribution in [0.25, 0.3) is 0 Å². The Kier molecular flexibility index (Phi) is 3.05. The summed E-state index contributed by atoms with van der Waals surface area (Å²) in [6, 6.07) is 6.19. The lowest BCUT2D eigenvalue weighted by Crippen LogP contribution is -2.25. The summed E-state index contributed by atoms with van der Waals surface area (Å²) in [7, 11) is 1.85. The van der Waals surface area contributed by atoms with Gasteiger partial charge in [0.2, 0.25) is 5.91 Å². The zero-order chi connectivity index (χ0) is 12.5. The Morgan fingerprint density at radius 3 is 3.00 bits per heavy atom. The Bertz CT molecular complexity index is 551. The van der Waals surface area contributed by atoms with E-state index < -0.39 is 0 Å². The van der Waals surface area contributed by atoms with Gasteiger partial charge in [0.25, 0.3) is 0 Å². The molecule has 0 unspecified atom stereocenters. The molecule has 0 aromatic heterocycles. The minimum absolute atomic E-state index is 0.188. The molecule has 1 fully saturated rings. The SMILES string of the molecule is CN1C(=O)CCSc2ccc(C#CC3CC3)cc21. The van der Waals surface area contributed by atoms with E-state index in [1.54, 1.807) is 16.7 Å². The van der Waals surface area contributed by atoms with Gasteiger partial charge in [-0.05, 0) is 31.0 Å². The third-order valence-corrected chi connectivity index (χ3v) is 4.33. The molecule has 0 saturated heterocycles. The molecule has 1 amide bonds. The molecule has 0 atom stereocenters. The summed E-state index contributed by atoms with van der Waals surface area (Å²) in [5.74, 6) is 8.14. The number of fused-ring (bicyclic) bond motifs is 1. The first-order valence-corrected chi connectivity index (χ1v) is 7.27. The summed E-state index contributed by atoms with van der Waals surface area (Å²) in [6.45, 7) is 0. The molecule has 0 bridgehead atoms. The van der Waals surface area contributed by atoms with E-state index in [-0.39, 0.29) is 5.91 Å². The highest BCUT2D eigenvalue weighted by molar-refractivity contribution is 7.99. The first-order valence-electron chi connectivity index (χ1n) is 6.29. The normalized spacial score (nSPS) is 18.7. The van der Waals surface area contributed by atoms with Crippen molar-refractivity contribution in [3.8, 4) is 11.8 Å². The molecule has 1 aromatic carbocycles. The summed E-state index contributed by atoms with van der Waals surface area (Å²) in [4.78, 5) is 14.8. The van der Waals surface area contributed by atoms with E-state index in [9.17, 15) is 4.79 Å². The summed E-state index contributed by atoms with van der Waals surface area (Å²) < 4.78 is 0. The number of hydrogen-bond donors (Lipinski definition) is 0. The van der Waals surface area contributed by atoms with E-state index >= 15 is 0 Å². The molecule has 1 aliphatic heterocycles. The molecule has 1 aromatic rings. The van der Waals surface area contributed by atoms with Gasteiger partial charge in [-0.3, -0.25) is 4.79 Å². The molecule has 18 heavy (non-hydrogen) atoms. The van der Waals surface area contributed by atoms with Crippen LogP contribution in [0.3, 0.4) is 0 Å². The smallest absolute Gasteiger partial charge is 0.227 e. The summed E-state index contributed by atoms with van der Waals surface area (Å²) in [6.07, 6.45) is 3.09. The number of nitrogens with zero attached hydrogens (tertiary/aromatic N) is 1. The van der Waals surface area contributed by atoms with Gasteiger partial charge in [-0.2, -0.15) is 0 Å². The quantitative estimate of drug-likeness (QED) is 0.666. The lowest BCUT2D eigenvalue weighted by molar-refractivity contribution is -0.117. The van der Waals surface area contributed by atoms with E-state index in [0.29, 0.717) is 12.3 Å². The number of amides is 1. The van der Waals surface area contributed by atoms with Gasteiger partial charge in [-0.1, -0.05) is 11.8 Å². The van der Waals surface area contributed by atoms with Crippen molar-refractivity contribution >= 4 is 23.4 Å². The minimum atomic E-state index is 0.188. The fourth-order valence-corrected chi connectivity index (χ4v) is 2.95. The lowest BCUT2D eigenvalue weighted by atomic mass is 10.2. The number of carbonyl (C=O) groups excluding carboxylic acids is 1. The Morgan fingerprint density at radius 2 is 2.22 bits per heavy atom. The predicted octanol–water partition coefficient (Wildman–Crippen LogP) is 2.91. The Balaban J connectivity index is 1.95. The van der Waals surface area contributed by atoms with Gasteiger partial charge in [-0.25, -0.2) is 0 Å². The minimum Gasteiger partial charge on any atom is -0.314 e. The van der Waals surface area contributed by atoms with Crippen LogP contribution in [-0.4, -0.2) is 18.7 Å². The third kappa shape index (κ3) is 2.39. The fourth-order valence-electron chi connectivity index (χ4n) is 1.94. The van der Waals surface area contributed by atoms with Gasteiger partial charge < -0.3 is 4.90 Å². The molecular formula is C15H15NOS. The van der Waals surface area contributed by atoms with Crippen LogP contribution in [0.15, 0.2) is 23.1 Å². The summed E-state index contributed by atoms with van der Waals surface area (Å²) in [5, 5.41) is 0.